The highest BCUT2D eigenvalue weighted by Crippen LogP contribution is 2.34. The van der Waals surface area contributed by atoms with Crippen molar-refractivity contribution in [2.45, 2.75) is 6.92 Å². The van der Waals surface area contributed by atoms with E-state index in [0.717, 1.165) is 5.69 Å². The smallest absolute Gasteiger partial charge is 0.0711 e. The molecule has 4 rings (SSSR count). The molecule has 0 spiro atoms. The summed E-state index contributed by atoms with van der Waals surface area (Å²) < 4.78 is 0. The summed E-state index contributed by atoms with van der Waals surface area (Å²) in [4.78, 5) is 4.57. The van der Waals surface area contributed by atoms with Crippen LogP contribution in [0.25, 0.3) is 32.8 Å². The molecular weight excluding hydrogens is 254 g/mol. The molecule has 0 bridgehead atoms. The van der Waals surface area contributed by atoms with Crippen molar-refractivity contribution in [3.63, 3.8) is 0 Å². The van der Waals surface area contributed by atoms with Gasteiger partial charge in [0.15, 0.2) is 0 Å². The van der Waals surface area contributed by atoms with E-state index in [9.17, 15) is 0 Å². The molecular formula is C20H15N. The Hall–Kier alpha value is -2.67. The van der Waals surface area contributed by atoms with Gasteiger partial charge in [0.25, 0.3) is 0 Å². The highest BCUT2D eigenvalue weighted by Gasteiger charge is 2.08. The Labute approximate surface area is 123 Å². The van der Waals surface area contributed by atoms with Crippen LogP contribution < -0.4 is 0 Å². The minimum Gasteiger partial charge on any atom is -0.256 e. The van der Waals surface area contributed by atoms with Crippen molar-refractivity contribution < 1.29 is 0 Å². The zero-order valence-corrected chi connectivity index (χ0v) is 11.9. The quantitative estimate of drug-likeness (QED) is 0.424. The van der Waals surface area contributed by atoms with E-state index in [0.29, 0.717) is 0 Å². The van der Waals surface area contributed by atoms with Crippen LogP contribution in [0.4, 0.5) is 0 Å². The lowest BCUT2D eigenvalue weighted by Gasteiger charge is -2.10. The fraction of sp³-hybridized carbons (Fsp3) is 0.0500. The molecule has 4 aromatic rings. The van der Waals surface area contributed by atoms with Gasteiger partial charge in [-0.25, -0.2) is 0 Å². The second-order valence-corrected chi connectivity index (χ2v) is 5.41. The van der Waals surface area contributed by atoms with E-state index in [1.807, 2.05) is 12.3 Å². The Kier molecular flexibility index (Phi) is 2.71. The first kappa shape index (κ1) is 12.1. The summed E-state index contributed by atoms with van der Waals surface area (Å²) in [6, 6.07) is 23.5. The third-order valence-corrected chi connectivity index (χ3v) is 3.96. The number of pyridine rings is 1. The Morgan fingerprint density at radius 2 is 1.43 bits per heavy atom. The van der Waals surface area contributed by atoms with Gasteiger partial charge in [-0.05, 0) is 52.2 Å². The van der Waals surface area contributed by atoms with E-state index in [1.54, 1.807) is 0 Å². The standard InChI is InChI=1S/C20H15N/c1-14-10-11-21-20(12-14)19-13-15-6-2-3-7-16(15)17-8-4-5-9-18(17)19/h2-13H,1H3. The maximum atomic E-state index is 4.57. The zero-order valence-electron chi connectivity index (χ0n) is 11.9. The monoisotopic (exact) mass is 269 g/mol. The maximum Gasteiger partial charge on any atom is 0.0711 e. The molecule has 0 saturated carbocycles. The van der Waals surface area contributed by atoms with Crippen molar-refractivity contribution in [2.75, 3.05) is 0 Å². The molecule has 0 N–H and O–H groups in total. The Morgan fingerprint density at radius 1 is 0.714 bits per heavy atom. The molecule has 0 saturated heterocycles. The lowest BCUT2D eigenvalue weighted by atomic mass is 9.95. The van der Waals surface area contributed by atoms with Gasteiger partial charge in [0.05, 0.1) is 5.69 Å². The van der Waals surface area contributed by atoms with Gasteiger partial charge in [-0.3, -0.25) is 4.98 Å². The van der Waals surface area contributed by atoms with Crippen LogP contribution in [0.3, 0.4) is 0 Å². The minimum atomic E-state index is 1.04. The summed E-state index contributed by atoms with van der Waals surface area (Å²) in [5.74, 6) is 0. The number of hydrogen-bond acceptors (Lipinski definition) is 1. The molecule has 1 heteroatoms. The molecule has 21 heavy (non-hydrogen) atoms. The van der Waals surface area contributed by atoms with Crippen LogP contribution >= 0.6 is 0 Å². The number of hydrogen-bond donors (Lipinski definition) is 0. The van der Waals surface area contributed by atoms with Gasteiger partial charge >= 0.3 is 0 Å². The lowest BCUT2D eigenvalue weighted by molar-refractivity contribution is 1.29. The summed E-state index contributed by atoms with van der Waals surface area (Å²) >= 11 is 0. The molecule has 0 amide bonds. The Bertz CT molecular complexity index is 954. The number of fused-ring (bicyclic) bond motifs is 3. The van der Waals surface area contributed by atoms with E-state index < -0.39 is 0 Å². The summed E-state index contributed by atoms with van der Waals surface area (Å²) in [5.41, 5.74) is 3.47. The first-order valence-corrected chi connectivity index (χ1v) is 7.16. The van der Waals surface area contributed by atoms with Gasteiger partial charge in [-0.2, -0.15) is 0 Å². The molecule has 0 atom stereocenters. The molecule has 100 valence electrons. The summed E-state index contributed by atoms with van der Waals surface area (Å²) in [6.45, 7) is 2.11. The average molecular weight is 269 g/mol. The number of rotatable bonds is 1. The van der Waals surface area contributed by atoms with Crippen molar-refractivity contribution in [1.29, 1.82) is 0 Å². The highest BCUT2D eigenvalue weighted by atomic mass is 14.7. The van der Waals surface area contributed by atoms with Gasteiger partial charge in [-0.1, -0.05) is 48.5 Å². The molecule has 0 unspecified atom stereocenters. The van der Waals surface area contributed by atoms with Crippen molar-refractivity contribution in [3.8, 4) is 11.3 Å². The highest BCUT2D eigenvalue weighted by molar-refractivity contribution is 6.13. The van der Waals surface area contributed by atoms with Gasteiger partial charge in [0.2, 0.25) is 0 Å². The summed E-state index contributed by atoms with van der Waals surface area (Å²) in [5, 5.41) is 5.10. The van der Waals surface area contributed by atoms with Crippen molar-refractivity contribution >= 4 is 21.5 Å². The van der Waals surface area contributed by atoms with Crippen molar-refractivity contribution in [1.82, 2.24) is 4.98 Å². The normalized spacial score (nSPS) is 11.1. The van der Waals surface area contributed by atoms with E-state index in [-0.39, 0.29) is 0 Å². The predicted molar refractivity (Wildman–Crippen MR) is 89.4 cm³/mol. The molecule has 0 aliphatic heterocycles. The number of aromatic nitrogens is 1. The largest absolute Gasteiger partial charge is 0.256 e. The molecule has 1 aromatic heterocycles. The summed E-state index contributed by atoms with van der Waals surface area (Å²) in [6.07, 6.45) is 1.88. The van der Waals surface area contributed by atoms with Crippen LogP contribution in [-0.4, -0.2) is 4.98 Å². The van der Waals surface area contributed by atoms with Crippen molar-refractivity contribution in [3.05, 3.63) is 78.5 Å². The Morgan fingerprint density at radius 3 is 2.24 bits per heavy atom. The average Bonchev–Trinajstić information content (AvgIpc) is 2.54. The molecule has 3 aromatic carbocycles. The van der Waals surface area contributed by atoms with Crippen LogP contribution in [0, 0.1) is 6.92 Å². The van der Waals surface area contributed by atoms with Crippen LogP contribution in [0.15, 0.2) is 72.9 Å². The molecule has 0 aliphatic carbocycles. The van der Waals surface area contributed by atoms with Gasteiger partial charge in [0, 0.05) is 11.8 Å². The van der Waals surface area contributed by atoms with Crippen LogP contribution in [0.2, 0.25) is 0 Å². The Balaban J connectivity index is 2.16. The second kappa shape index (κ2) is 4.71. The maximum absolute atomic E-state index is 4.57. The zero-order chi connectivity index (χ0) is 14.2. The third-order valence-electron chi connectivity index (χ3n) is 3.96. The first-order chi connectivity index (χ1) is 10.3. The molecule has 0 aliphatic rings. The van der Waals surface area contributed by atoms with Crippen molar-refractivity contribution in [2.24, 2.45) is 0 Å². The van der Waals surface area contributed by atoms with E-state index in [2.05, 4.69) is 72.6 Å². The van der Waals surface area contributed by atoms with Crippen LogP contribution in [-0.2, 0) is 0 Å². The second-order valence-electron chi connectivity index (χ2n) is 5.41. The lowest BCUT2D eigenvalue weighted by Crippen LogP contribution is -1.88. The van der Waals surface area contributed by atoms with Gasteiger partial charge < -0.3 is 0 Å². The SMILES string of the molecule is Cc1ccnc(-c2cc3ccccc3c3ccccc23)c1. The number of benzene rings is 3. The van der Waals surface area contributed by atoms with E-state index >= 15 is 0 Å². The molecule has 1 heterocycles. The van der Waals surface area contributed by atoms with E-state index in [1.165, 1.54) is 32.7 Å². The molecule has 1 nitrogen and oxygen atoms in total. The molecule has 0 radical (unpaired) electrons. The first-order valence-electron chi connectivity index (χ1n) is 7.16. The van der Waals surface area contributed by atoms with E-state index in [4.69, 9.17) is 0 Å². The number of aryl methyl sites for hydroxylation is 1. The fourth-order valence-electron chi connectivity index (χ4n) is 2.95. The topological polar surface area (TPSA) is 12.9 Å². The summed E-state index contributed by atoms with van der Waals surface area (Å²) in [7, 11) is 0. The van der Waals surface area contributed by atoms with Gasteiger partial charge in [-0.15, -0.1) is 0 Å². The van der Waals surface area contributed by atoms with Crippen LogP contribution in [0.5, 0.6) is 0 Å². The number of nitrogens with zero attached hydrogens (tertiary/aromatic N) is 1. The molecule has 0 fully saturated rings. The third kappa shape index (κ3) is 1.98. The van der Waals surface area contributed by atoms with Crippen LogP contribution in [0.1, 0.15) is 5.56 Å². The fourth-order valence-corrected chi connectivity index (χ4v) is 2.95. The van der Waals surface area contributed by atoms with Gasteiger partial charge in [0.1, 0.15) is 0 Å². The predicted octanol–water partition coefficient (Wildman–Crippen LogP) is 5.36. The minimum absolute atomic E-state index is 1.04.